The molecule has 0 saturated heterocycles. The van der Waals surface area contributed by atoms with Crippen LogP contribution in [0.2, 0.25) is 5.02 Å². The molecule has 0 radical (unpaired) electrons. The summed E-state index contributed by atoms with van der Waals surface area (Å²) in [6.45, 7) is 5.04. The molecule has 1 amide bonds. The van der Waals surface area contributed by atoms with Gasteiger partial charge >= 0.3 is 5.69 Å². The number of nitro groups is 1. The van der Waals surface area contributed by atoms with Crippen LogP contribution in [0.4, 0.5) is 5.69 Å². The Morgan fingerprint density at radius 3 is 2.82 bits per heavy atom. The number of hydrogen-bond acceptors (Lipinski definition) is 6. The second-order valence-corrected chi connectivity index (χ2v) is 6.61. The Kier molecular flexibility index (Phi) is 5.78. The Morgan fingerprint density at radius 1 is 1.39 bits per heavy atom. The molecule has 0 bridgehead atoms. The molecular weight excluding hydrogens is 388 g/mol. The molecule has 3 rings (SSSR count). The van der Waals surface area contributed by atoms with E-state index in [4.69, 9.17) is 16.0 Å². The van der Waals surface area contributed by atoms with Gasteiger partial charge in [-0.15, -0.1) is 0 Å². The average Bonchev–Trinajstić information content (AvgIpc) is 3.37. The largest absolute Gasteiger partial charge is 0.454 e. The van der Waals surface area contributed by atoms with Crippen molar-refractivity contribution in [2.24, 2.45) is 0 Å². The van der Waals surface area contributed by atoms with E-state index >= 15 is 0 Å². The van der Waals surface area contributed by atoms with Gasteiger partial charge in [0.2, 0.25) is 0 Å². The Balaban J connectivity index is 1.48. The number of furan rings is 1. The van der Waals surface area contributed by atoms with E-state index in [1.54, 1.807) is 12.1 Å². The molecule has 3 aromatic rings. The second kappa shape index (κ2) is 8.26. The molecule has 0 aliphatic rings. The highest BCUT2D eigenvalue weighted by Crippen LogP contribution is 2.19. The summed E-state index contributed by atoms with van der Waals surface area (Å²) < 4.78 is 8.69. The van der Waals surface area contributed by atoms with Crippen LogP contribution >= 0.6 is 11.6 Å². The van der Waals surface area contributed by atoms with Crippen molar-refractivity contribution in [1.82, 2.24) is 24.9 Å². The number of amides is 1. The van der Waals surface area contributed by atoms with Gasteiger partial charge in [0.05, 0.1) is 27.9 Å². The van der Waals surface area contributed by atoms with Crippen LogP contribution in [0.5, 0.6) is 0 Å². The standard InChI is InChI=1S/C17H19ClN6O4/c1-11-16(18)12(2)23(21-11)7-3-6-19-17(25)15-5-4-14(28-15)10-22-9-13(8-20-22)24(26)27/h4-5,8-9H,3,6-7,10H2,1-2H3,(H,19,25). The first-order chi connectivity index (χ1) is 13.3. The lowest BCUT2D eigenvalue weighted by Gasteiger charge is -2.05. The summed E-state index contributed by atoms with van der Waals surface area (Å²) in [5, 5.41) is 22.4. The molecule has 0 unspecified atom stereocenters. The van der Waals surface area contributed by atoms with Gasteiger partial charge in [-0.2, -0.15) is 10.2 Å². The minimum absolute atomic E-state index is 0.103. The lowest BCUT2D eigenvalue weighted by molar-refractivity contribution is -0.385. The van der Waals surface area contributed by atoms with Gasteiger partial charge in [0.1, 0.15) is 18.2 Å². The number of carbonyl (C=O) groups excluding carboxylic acids is 1. The number of nitrogens with one attached hydrogen (secondary N) is 1. The minimum Gasteiger partial charge on any atom is -0.454 e. The Hall–Kier alpha value is -3.14. The maximum absolute atomic E-state index is 12.2. The molecule has 10 nitrogen and oxygen atoms in total. The molecule has 0 fully saturated rings. The van der Waals surface area contributed by atoms with E-state index in [0.717, 1.165) is 17.6 Å². The van der Waals surface area contributed by atoms with Crippen LogP contribution in [-0.2, 0) is 13.1 Å². The van der Waals surface area contributed by atoms with E-state index in [1.165, 1.54) is 10.9 Å². The number of aromatic nitrogens is 4. The molecule has 0 aromatic carbocycles. The third-order valence-electron chi connectivity index (χ3n) is 4.16. The number of rotatable bonds is 8. The normalized spacial score (nSPS) is 11.0. The third kappa shape index (κ3) is 4.39. The van der Waals surface area contributed by atoms with E-state index in [1.807, 2.05) is 18.5 Å². The van der Waals surface area contributed by atoms with E-state index in [-0.39, 0.29) is 23.9 Å². The van der Waals surface area contributed by atoms with E-state index in [0.29, 0.717) is 30.3 Å². The van der Waals surface area contributed by atoms with Crippen LogP contribution in [-0.4, -0.2) is 36.9 Å². The first-order valence-corrected chi connectivity index (χ1v) is 8.96. The topological polar surface area (TPSA) is 121 Å². The minimum atomic E-state index is -0.523. The summed E-state index contributed by atoms with van der Waals surface area (Å²) in [7, 11) is 0. The number of hydrogen-bond donors (Lipinski definition) is 1. The quantitative estimate of drug-likeness (QED) is 0.348. The first-order valence-electron chi connectivity index (χ1n) is 8.58. The Bertz CT molecular complexity index is 1010. The predicted molar refractivity (Wildman–Crippen MR) is 100 cm³/mol. The van der Waals surface area contributed by atoms with E-state index < -0.39 is 4.92 Å². The molecule has 0 aliphatic heterocycles. The van der Waals surface area contributed by atoms with Crippen molar-refractivity contribution in [1.29, 1.82) is 0 Å². The molecule has 0 saturated carbocycles. The summed E-state index contributed by atoms with van der Waals surface area (Å²) in [6.07, 6.45) is 3.15. The lowest BCUT2D eigenvalue weighted by Crippen LogP contribution is -2.25. The molecule has 0 aliphatic carbocycles. The first kappa shape index (κ1) is 19.6. The van der Waals surface area contributed by atoms with E-state index in [2.05, 4.69) is 15.5 Å². The highest BCUT2D eigenvalue weighted by Gasteiger charge is 2.14. The average molecular weight is 407 g/mol. The van der Waals surface area contributed by atoms with Gasteiger partial charge in [0.25, 0.3) is 5.91 Å². The summed E-state index contributed by atoms with van der Waals surface area (Å²) in [5.41, 5.74) is 1.59. The molecule has 28 heavy (non-hydrogen) atoms. The maximum atomic E-state index is 12.2. The fourth-order valence-corrected chi connectivity index (χ4v) is 2.82. The Morgan fingerprint density at radius 2 is 2.18 bits per heavy atom. The van der Waals surface area contributed by atoms with Gasteiger partial charge in [-0.25, -0.2) is 0 Å². The van der Waals surface area contributed by atoms with Gasteiger partial charge in [-0.3, -0.25) is 24.3 Å². The van der Waals surface area contributed by atoms with Gasteiger partial charge < -0.3 is 9.73 Å². The van der Waals surface area contributed by atoms with Crippen molar-refractivity contribution in [3.8, 4) is 0 Å². The highest BCUT2D eigenvalue weighted by molar-refractivity contribution is 6.31. The zero-order valence-corrected chi connectivity index (χ0v) is 16.1. The van der Waals surface area contributed by atoms with Crippen molar-refractivity contribution in [2.75, 3.05) is 6.54 Å². The van der Waals surface area contributed by atoms with Gasteiger partial charge in [0.15, 0.2) is 5.76 Å². The van der Waals surface area contributed by atoms with Crippen LogP contribution < -0.4 is 5.32 Å². The van der Waals surface area contributed by atoms with E-state index in [9.17, 15) is 14.9 Å². The third-order valence-corrected chi connectivity index (χ3v) is 4.71. The number of nitrogens with zero attached hydrogens (tertiary/aromatic N) is 5. The zero-order valence-electron chi connectivity index (χ0n) is 15.4. The van der Waals surface area contributed by atoms with Crippen LogP contribution in [0.15, 0.2) is 28.9 Å². The van der Waals surface area contributed by atoms with Crippen LogP contribution in [0.1, 0.15) is 34.1 Å². The summed E-state index contributed by atoms with van der Waals surface area (Å²) >= 11 is 6.11. The fraction of sp³-hybridized carbons (Fsp3) is 0.353. The van der Waals surface area contributed by atoms with Crippen LogP contribution in [0, 0.1) is 24.0 Å². The summed E-state index contributed by atoms with van der Waals surface area (Å²) in [4.78, 5) is 22.3. The predicted octanol–water partition coefficient (Wildman–Crippen LogP) is 2.72. The van der Waals surface area contributed by atoms with Gasteiger partial charge in [0, 0.05) is 13.1 Å². The molecule has 3 heterocycles. The van der Waals surface area contributed by atoms with Crippen molar-refractivity contribution in [2.45, 2.75) is 33.4 Å². The monoisotopic (exact) mass is 406 g/mol. The fourth-order valence-electron chi connectivity index (χ4n) is 2.69. The van der Waals surface area contributed by atoms with Crippen LogP contribution in [0.25, 0.3) is 0 Å². The van der Waals surface area contributed by atoms with Crippen molar-refractivity contribution in [3.05, 3.63) is 62.6 Å². The molecule has 0 spiro atoms. The molecule has 0 atom stereocenters. The maximum Gasteiger partial charge on any atom is 0.307 e. The van der Waals surface area contributed by atoms with Crippen molar-refractivity contribution < 1.29 is 14.1 Å². The Labute approximate surface area is 165 Å². The van der Waals surface area contributed by atoms with Crippen LogP contribution in [0.3, 0.4) is 0 Å². The molecule has 148 valence electrons. The zero-order chi connectivity index (χ0) is 20.3. The SMILES string of the molecule is Cc1nn(CCCNC(=O)c2ccc(Cn3cc([N+](=O)[O-])cn3)o2)c(C)c1Cl. The van der Waals surface area contributed by atoms with Crippen molar-refractivity contribution >= 4 is 23.2 Å². The highest BCUT2D eigenvalue weighted by atomic mass is 35.5. The van der Waals surface area contributed by atoms with Gasteiger partial charge in [-0.05, 0) is 32.4 Å². The molecule has 1 N–H and O–H groups in total. The summed E-state index contributed by atoms with van der Waals surface area (Å²) in [6, 6.07) is 3.20. The van der Waals surface area contributed by atoms with Gasteiger partial charge in [-0.1, -0.05) is 11.6 Å². The molecule has 3 aromatic heterocycles. The molecular formula is C17H19ClN6O4. The number of halogens is 1. The second-order valence-electron chi connectivity index (χ2n) is 6.24. The number of carbonyl (C=O) groups is 1. The summed E-state index contributed by atoms with van der Waals surface area (Å²) in [5.74, 6) is 0.315. The van der Waals surface area contributed by atoms with Crippen molar-refractivity contribution in [3.63, 3.8) is 0 Å². The lowest BCUT2D eigenvalue weighted by atomic mass is 10.3. The smallest absolute Gasteiger partial charge is 0.307 e. The molecule has 11 heteroatoms. The number of aryl methyl sites for hydroxylation is 2.